The quantitative estimate of drug-likeness (QED) is 0.722. The fraction of sp³-hybridized carbons (Fsp3) is 0.471. The molecule has 0 aliphatic heterocycles. The van der Waals surface area contributed by atoms with Crippen LogP contribution in [0.15, 0.2) is 30.3 Å². The fourth-order valence-electron chi connectivity index (χ4n) is 1.98. The zero-order valence-corrected chi connectivity index (χ0v) is 14.1. The molecular formula is C17H23N2O5-. The van der Waals surface area contributed by atoms with E-state index in [1.54, 1.807) is 0 Å². The van der Waals surface area contributed by atoms with Crippen LogP contribution in [0.2, 0.25) is 0 Å². The van der Waals surface area contributed by atoms with Gasteiger partial charge in [0.05, 0.1) is 12.0 Å². The molecule has 2 N–H and O–H groups in total. The summed E-state index contributed by atoms with van der Waals surface area (Å²) in [4.78, 5) is 34.7. The Kier molecular flexibility index (Phi) is 7.74. The van der Waals surface area contributed by atoms with Crippen molar-refractivity contribution >= 4 is 18.0 Å². The van der Waals surface area contributed by atoms with Gasteiger partial charge in [0, 0.05) is 0 Å². The zero-order valence-electron chi connectivity index (χ0n) is 14.1. The number of alkyl carbamates (subject to hydrolysis) is 1. The molecule has 132 valence electrons. The highest BCUT2D eigenvalue weighted by Crippen LogP contribution is 2.07. The topological polar surface area (TPSA) is 108 Å². The van der Waals surface area contributed by atoms with Gasteiger partial charge in [-0.15, -0.1) is 0 Å². The van der Waals surface area contributed by atoms with Crippen molar-refractivity contribution < 1.29 is 24.2 Å². The third-order valence-corrected chi connectivity index (χ3v) is 3.24. The van der Waals surface area contributed by atoms with E-state index in [0.717, 1.165) is 5.56 Å². The Morgan fingerprint density at radius 1 is 1.08 bits per heavy atom. The third-order valence-electron chi connectivity index (χ3n) is 3.24. The first-order valence-electron chi connectivity index (χ1n) is 7.78. The number of hydrogen-bond donors (Lipinski definition) is 2. The largest absolute Gasteiger partial charge is 0.548 e. The zero-order chi connectivity index (χ0) is 18.1. The maximum atomic E-state index is 12.1. The van der Waals surface area contributed by atoms with E-state index in [1.807, 2.05) is 44.2 Å². The lowest BCUT2D eigenvalue weighted by atomic mass is 10.0. The summed E-state index contributed by atoms with van der Waals surface area (Å²) in [5.74, 6) is -1.86. The number of aliphatic carboxylic acids is 1. The van der Waals surface area contributed by atoms with Gasteiger partial charge in [-0.1, -0.05) is 44.2 Å². The maximum Gasteiger partial charge on any atom is 0.408 e. The first kappa shape index (κ1) is 19.5. The summed E-state index contributed by atoms with van der Waals surface area (Å²) in [7, 11) is 0. The highest BCUT2D eigenvalue weighted by molar-refractivity contribution is 5.88. The molecule has 2 atom stereocenters. The van der Waals surface area contributed by atoms with E-state index in [0.29, 0.717) is 6.42 Å². The normalized spacial score (nSPS) is 13.0. The van der Waals surface area contributed by atoms with Gasteiger partial charge in [0.25, 0.3) is 0 Å². The van der Waals surface area contributed by atoms with Crippen molar-refractivity contribution in [2.75, 3.05) is 0 Å². The Morgan fingerprint density at radius 2 is 1.71 bits per heavy atom. The van der Waals surface area contributed by atoms with E-state index in [1.165, 1.54) is 6.92 Å². The Labute approximate surface area is 141 Å². The van der Waals surface area contributed by atoms with E-state index in [2.05, 4.69) is 10.6 Å². The molecule has 0 saturated carbocycles. The second-order valence-electron chi connectivity index (χ2n) is 5.94. The number of carbonyl (C=O) groups excluding carboxylic acids is 3. The standard InChI is InChI=1S/C17H24N2O5/c1-11(2)9-14(15(20)18-12(3)16(21)22)19-17(23)24-10-13-7-5-4-6-8-13/h4-8,11-12,14H,9-10H2,1-3H3,(H,18,20)(H,19,23)(H,21,22)/p-1/t12-,14-/m1/s1. The smallest absolute Gasteiger partial charge is 0.408 e. The van der Waals surface area contributed by atoms with Crippen molar-refractivity contribution in [1.82, 2.24) is 10.6 Å². The fourth-order valence-corrected chi connectivity index (χ4v) is 1.98. The minimum absolute atomic E-state index is 0.0815. The van der Waals surface area contributed by atoms with Crippen LogP contribution in [0, 0.1) is 5.92 Å². The summed E-state index contributed by atoms with van der Waals surface area (Å²) >= 11 is 0. The highest BCUT2D eigenvalue weighted by atomic mass is 16.5. The van der Waals surface area contributed by atoms with E-state index >= 15 is 0 Å². The van der Waals surface area contributed by atoms with Crippen LogP contribution >= 0.6 is 0 Å². The Morgan fingerprint density at radius 3 is 2.25 bits per heavy atom. The molecule has 0 unspecified atom stereocenters. The predicted molar refractivity (Wildman–Crippen MR) is 85.6 cm³/mol. The van der Waals surface area contributed by atoms with Gasteiger partial charge < -0.3 is 25.3 Å². The number of ether oxygens (including phenoxy) is 1. The summed E-state index contributed by atoms with van der Waals surface area (Å²) in [6.45, 7) is 5.16. The minimum atomic E-state index is -1.39. The molecule has 0 saturated heterocycles. The van der Waals surface area contributed by atoms with Crippen molar-refractivity contribution in [1.29, 1.82) is 0 Å². The number of rotatable bonds is 8. The van der Waals surface area contributed by atoms with Crippen LogP contribution in [0.4, 0.5) is 4.79 Å². The SMILES string of the molecule is CC(C)C[C@@H](NC(=O)OCc1ccccc1)C(=O)N[C@H](C)C(=O)[O-]. The molecule has 0 fully saturated rings. The van der Waals surface area contributed by atoms with Gasteiger partial charge in [0.2, 0.25) is 5.91 Å². The first-order chi connectivity index (χ1) is 11.3. The molecule has 2 amide bonds. The molecule has 0 aliphatic rings. The van der Waals surface area contributed by atoms with E-state index in [4.69, 9.17) is 4.74 Å². The molecule has 0 aromatic heterocycles. The summed E-state index contributed by atoms with van der Waals surface area (Å²) in [5, 5.41) is 15.5. The molecule has 0 bridgehead atoms. The molecule has 1 aromatic rings. The second kappa shape index (κ2) is 9.54. The maximum absolute atomic E-state index is 12.1. The van der Waals surface area contributed by atoms with Gasteiger partial charge >= 0.3 is 6.09 Å². The van der Waals surface area contributed by atoms with Crippen molar-refractivity contribution in [3.63, 3.8) is 0 Å². The molecule has 7 heteroatoms. The van der Waals surface area contributed by atoms with E-state index in [-0.39, 0.29) is 12.5 Å². The number of amides is 2. The van der Waals surface area contributed by atoms with Gasteiger partial charge in [0.15, 0.2) is 0 Å². The molecule has 1 aromatic carbocycles. The Balaban J connectivity index is 2.59. The van der Waals surface area contributed by atoms with Crippen LogP contribution in [0.1, 0.15) is 32.8 Å². The number of hydrogen-bond acceptors (Lipinski definition) is 5. The van der Waals surface area contributed by atoms with Gasteiger partial charge in [-0.05, 0) is 24.8 Å². The van der Waals surface area contributed by atoms with Crippen molar-refractivity contribution in [2.24, 2.45) is 5.92 Å². The lowest BCUT2D eigenvalue weighted by Gasteiger charge is -2.22. The number of carboxylic acid groups (broad SMARTS) is 1. The molecule has 1 rings (SSSR count). The molecule has 0 aliphatic carbocycles. The summed E-state index contributed by atoms with van der Waals surface area (Å²) in [6, 6.07) is 7.11. The van der Waals surface area contributed by atoms with Crippen molar-refractivity contribution in [3.8, 4) is 0 Å². The lowest BCUT2D eigenvalue weighted by Crippen LogP contribution is -2.53. The monoisotopic (exact) mass is 335 g/mol. The lowest BCUT2D eigenvalue weighted by molar-refractivity contribution is -0.307. The molecule has 0 radical (unpaired) electrons. The number of nitrogens with one attached hydrogen (secondary N) is 2. The summed E-state index contributed by atoms with van der Waals surface area (Å²) < 4.78 is 5.08. The average molecular weight is 335 g/mol. The summed E-state index contributed by atoms with van der Waals surface area (Å²) in [6.07, 6.45) is -0.382. The van der Waals surface area contributed by atoms with Crippen molar-refractivity contribution in [2.45, 2.75) is 45.9 Å². The van der Waals surface area contributed by atoms with Crippen LogP contribution in [0.3, 0.4) is 0 Å². The van der Waals surface area contributed by atoms with Crippen LogP contribution in [-0.2, 0) is 20.9 Å². The van der Waals surface area contributed by atoms with Gasteiger partial charge in [-0.3, -0.25) is 4.79 Å². The summed E-state index contributed by atoms with van der Waals surface area (Å²) in [5.41, 5.74) is 0.822. The van der Waals surface area contributed by atoms with Gasteiger partial charge in [-0.25, -0.2) is 4.79 Å². The predicted octanol–water partition coefficient (Wildman–Crippen LogP) is 0.582. The van der Waals surface area contributed by atoms with Gasteiger partial charge in [0.1, 0.15) is 12.6 Å². The van der Waals surface area contributed by atoms with Crippen LogP contribution in [0.5, 0.6) is 0 Å². The first-order valence-corrected chi connectivity index (χ1v) is 7.78. The molecule has 7 nitrogen and oxygen atoms in total. The average Bonchev–Trinajstić information content (AvgIpc) is 2.52. The Bertz CT molecular complexity index is 559. The number of carbonyl (C=O) groups is 3. The third kappa shape index (κ3) is 7.13. The van der Waals surface area contributed by atoms with Crippen LogP contribution in [-0.4, -0.2) is 30.1 Å². The van der Waals surface area contributed by atoms with E-state index in [9.17, 15) is 19.5 Å². The van der Waals surface area contributed by atoms with Crippen molar-refractivity contribution in [3.05, 3.63) is 35.9 Å². The molecular weight excluding hydrogens is 312 g/mol. The number of carboxylic acids is 1. The highest BCUT2D eigenvalue weighted by Gasteiger charge is 2.24. The molecule has 0 spiro atoms. The number of benzene rings is 1. The van der Waals surface area contributed by atoms with Crippen LogP contribution in [0.25, 0.3) is 0 Å². The Hall–Kier alpha value is -2.57. The molecule has 0 heterocycles. The molecule has 24 heavy (non-hydrogen) atoms. The van der Waals surface area contributed by atoms with E-state index < -0.39 is 30.1 Å². The van der Waals surface area contributed by atoms with Gasteiger partial charge in [-0.2, -0.15) is 0 Å². The van der Waals surface area contributed by atoms with Crippen LogP contribution < -0.4 is 15.7 Å². The second-order valence-corrected chi connectivity index (χ2v) is 5.94. The minimum Gasteiger partial charge on any atom is -0.548 e.